The lowest BCUT2D eigenvalue weighted by Crippen LogP contribution is -2.32. The zero-order valence-corrected chi connectivity index (χ0v) is 22.8. The summed E-state index contributed by atoms with van der Waals surface area (Å²) in [5, 5.41) is 2.62. The minimum absolute atomic E-state index is 0.337. The first-order chi connectivity index (χ1) is 17.7. The van der Waals surface area contributed by atoms with E-state index in [1.54, 1.807) is 7.11 Å². The molecule has 0 fully saturated rings. The molecule has 36 heavy (non-hydrogen) atoms. The van der Waals surface area contributed by atoms with Crippen LogP contribution in [0.3, 0.4) is 0 Å². The Labute approximate surface area is 217 Å². The number of hydrogen-bond acceptors (Lipinski definition) is 3. The van der Waals surface area contributed by atoms with Gasteiger partial charge in [0.1, 0.15) is 5.75 Å². The number of methoxy groups -OCH3 is 1. The van der Waals surface area contributed by atoms with Gasteiger partial charge in [-0.3, -0.25) is 4.98 Å². The van der Waals surface area contributed by atoms with Gasteiger partial charge in [-0.1, -0.05) is 69.3 Å². The van der Waals surface area contributed by atoms with Crippen molar-refractivity contribution in [1.29, 1.82) is 0 Å². The van der Waals surface area contributed by atoms with E-state index in [1.165, 1.54) is 38.8 Å². The molecule has 0 bridgehead atoms. The van der Waals surface area contributed by atoms with Crippen molar-refractivity contribution in [3.05, 3.63) is 89.1 Å². The van der Waals surface area contributed by atoms with E-state index in [0.29, 0.717) is 6.04 Å². The molecule has 1 unspecified atom stereocenters. The molecular weight excluding hydrogens is 440 g/mol. The van der Waals surface area contributed by atoms with Gasteiger partial charge in [-0.15, -0.1) is 0 Å². The van der Waals surface area contributed by atoms with Crippen LogP contribution >= 0.6 is 0 Å². The lowest BCUT2D eigenvalue weighted by Gasteiger charge is -2.38. The second kappa shape index (κ2) is 11.6. The Morgan fingerprint density at radius 3 is 2.47 bits per heavy atom. The van der Waals surface area contributed by atoms with Gasteiger partial charge in [-0.2, -0.15) is 0 Å². The van der Waals surface area contributed by atoms with Gasteiger partial charge >= 0.3 is 0 Å². The average molecular weight is 481 g/mol. The molecular formula is C33H40N2O. The Morgan fingerprint density at radius 1 is 0.972 bits per heavy atom. The van der Waals surface area contributed by atoms with Crippen LogP contribution in [0.1, 0.15) is 69.0 Å². The third-order valence-corrected chi connectivity index (χ3v) is 7.33. The van der Waals surface area contributed by atoms with E-state index in [2.05, 4.69) is 86.3 Å². The number of rotatable bonds is 6. The highest BCUT2D eigenvalue weighted by Crippen LogP contribution is 2.42. The second-order valence-electron chi connectivity index (χ2n) is 9.23. The van der Waals surface area contributed by atoms with Crippen molar-refractivity contribution in [2.24, 2.45) is 0 Å². The van der Waals surface area contributed by atoms with Crippen LogP contribution in [0.2, 0.25) is 0 Å². The van der Waals surface area contributed by atoms with Crippen molar-refractivity contribution in [2.45, 2.75) is 66.3 Å². The molecule has 0 N–H and O–H groups in total. The van der Waals surface area contributed by atoms with Crippen LogP contribution in [-0.2, 0) is 12.8 Å². The number of aromatic nitrogens is 1. The minimum Gasteiger partial charge on any atom is -0.496 e. The van der Waals surface area contributed by atoms with Gasteiger partial charge in [0.05, 0.1) is 18.8 Å². The number of benzene rings is 3. The number of anilines is 1. The smallest absolute Gasteiger partial charge is 0.128 e. The van der Waals surface area contributed by atoms with E-state index in [9.17, 15) is 0 Å². The number of pyridine rings is 1. The minimum atomic E-state index is 0.337. The fraction of sp³-hybridized carbons (Fsp3) is 0.364. The van der Waals surface area contributed by atoms with E-state index in [1.807, 2.05) is 19.9 Å². The third-order valence-electron chi connectivity index (χ3n) is 7.33. The molecule has 1 atom stereocenters. The largest absolute Gasteiger partial charge is 0.496 e. The number of aryl methyl sites for hydroxylation is 3. The van der Waals surface area contributed by atoms with E-state index in [0.717, 1.165) is 49.2 Å². The van der Waals surface area contributed by atoms with Crippen molar-refractivity contribution in [1.82, 2.24) is 4.98 Å². The summed E-state index contributed by atoms with van der Waals surface area (Å²) in [5.41, 5.74) is 8.78. The normalized spacial score (nSPS) is 14.6. The monoisotopic (exact) mass is 480 g/mol. The number of hydrogen-bond donors (Lipinski definition) is 0. The molecule has 5 rings (SSSR count). The van der Waals surface area contributed by atoms with Crippen LogP contribution in [0.5, 0.6) is 5.75 Å². The fourth-order valence-corrected chi connectivity index (χ4v) is 5.79. The summed E-state index contributed by atoms with van der Waals surface area (Å²) in [6.07, 6.45) is 4.30. The van der Waals surface area contributed by atoms with Crippen molar-refractivity contribution in [3.8, 4) is 17.0 Å². The number of ether oxygens (including phenoxy) is 1. The van der Waals surface area contributed by atoms with Crippen molar-refractivity contribution < 1.29 is 4.74 Å². The lowest BCUT2D eigenvalue weighted by atomic mass is 9.85. The third kappa shape index (κ3) is 4.72. The summed E-state index contributed by atoms with van der Waals surface area (Å²) < 4.78 is 5.75. The molecule has 3 heteroatoms. The molecule has 1 aliphatic rings. The van der Waals surface area contributed by atoms with Gasteiger partial charge in [0.15, 0.2) is 0 Å². The highest BCUT2D eigenvalue weighted by atomic mass is 16.5. The molecule has 3 nitrogen and oxygen atoms in total. The molecule has 4 aromatic rings. The topological polar surface area (TPSA) is 25.4 Å². The molecule has 0 spiro atoms. The zero-order valence-electron chi connectivity index (χ0n) is 22.8. The first-order valence-electron chi connectivity index (χ1n) is 13.6. The predicted octanol–water partition coefficient (Wildman–Crippen LogP) is 8.71. The maximum absolute atomic E-state index is 5.75. The highest BCUT2D eigenvalue weighted by molar-refractivity contribution is 5.94. The van der Waals surface area contributed by atoms with Crippen molar-refractivity contribution in [3.63, 3.8) is 0 Å². The summed E-state index contributed by atoms with van der Waals surface area (Å²) in [4.78, 5) is 7.87. The van der Waals surface area contributed by atoms with Crippen molar-refractivity contribution in [2.75, 3.05) is 18.6 Å². The number of nitrogens with zero attached hydrogens (tertiary/aromatic N) is 2. The molecule has 1 aliphatic carbocycles. The molecule has 1 aromatic heterocycles. The van der Waals surface area contributed by atoms with Gasteiger partial charge in [-0.05, 0) is 79.8 Å². The first kappa shape index (κ1) is 25.8. The van der Waals surface area contributed by atoms with E-state index in [4.69, 9.17) is 9.72 Å². The average Bonchev–Trinajstić information content (AvgIpc) is 2.94. The SMILES string of the molecule is CC.CCc1cccc(OC)c1-c1cc(C)c2c(n1)CCCC2N(CC)c1cccc2ccccc12. The molecule has 0 saturated carbocycles. The van der Waals surface area contributed by atoms with E-state index < -0.39 is 0 Å². The van der Waals surface area contributed by atoms with Crippen LogP contribution < -0.4 is 9.64 Å². The van der Waals surface area contributed by atoms with Crippen molar-refractivity contribution >= 4 is 16.5 Å². The standard InChI is InChI=1S/C31H34N2O.C2H6/c1-5-22-13-10-19-29(34-4)31(22)26-20-21(3)30-25(32-26)16-11-18-28(30)33(6-2)27-17-9-14-23-12-7-8-15-24(23)27;1-2/h7-10,12-15,17,19-20,28H,5-6,11,16,18H2,1-4H3;1-2H3. The van der Waals surface area contributed by atoms with Gasteiger partial charge < -0.3 is 9.64 Å². The van der Waals surface area contributed by atoms with Crippen LogP contribution in [0.25, 0.3) is 22.0 Å². The van der Waals surface area contributed by atoms with Gasteiger partial charge in [0.2, 0.25) is 0 Å². The van der Waals surface area contributed by atoms with Crippen LogP contribution in [-0.4, -0.2) is 18.6 Å². The van der Waals surface area contributed by atoms with Gasteiger partial charge in [0, 0.05) is 28.9 Å². The number of fused-ring (bicyclic) bond motifs is 2. The quantitative estimate of drug-likeness (QED) is 0.276. The maximum atomic E-state index is 5.75. The highest BCUT2D eigenvalue weighted by Gasteiger charge is 2.30. The van der Waals surface area contributed by atoms with E-state index >= 15 is 0 Å². The summed E-state index contributed by atoms with van der Waals surface area (Å²) in [6.45, 7) is 11.7. The Kier molecular flexibility index (Phi) is 8.30. The Morgan fingerprint density at radius 2 is 1.72 bits per heavy atom. The zero-order chi connectivity index (χ0) is 25.7. The van der Waals surface area contributed by atoms with Gasteiger partial charge in [0.25, 0.3) is 0 Å². The Bertz CT molecular complexity index is 1300. The maximum Gasteiger partial charge on any atom is 0.128 e. The molecule has 1 heterocycles. The van der Waals surface area contributed by atoms with Crippen LogP contribution in [0, 0.1) is 6.92 Å². The molecule has 188 valence electrons. The molecule has 0 amide bonds. The van der Waals surface area contributed by atoms with Crippen LogP contribution in [0.4, 0.5) is 5.69 Å². The lowest BCUT2D eigenvalue weighted by molar-refractivity contribution is 0.416. The molecule has 3 aromatic carbocycles. The Balaban J connectivity index is 0.00000148. The fourth-order valence-electron chi connectivity index (χ4n) is 5.79. The summed E-state index contributed by atoms with van der Waals surface area (Å²) >= 11 is 0. The Hall–Kier alpha value is -3.33. The summed E-state index contributed by atoms with van der Waals surface area (Å²) in [5.74, 6) is 0.907. The van der Waals surface area contributed by atoms with Crippen LogP contribution in [0.15, 0.2) is 66.7 Å². The van der Waals surface area contributed by atoms with Gasteiger partial charge in [-0.25, -0.2) is 0 Å². The molecule has 0 radical (unpaired) electrons. The first-order valence-corrected chi connectivity index (χ1v) is 13.6. The summed E-state index contributed by atoms with van der Waals surface area (Å²) in [7, 11) is 1.75. The van der Waals surface area contributed by atoms with E-state index in [-0.39, 0.29) is 0 Å². The summed E-state index contributed by atoms with van der Waals surface area (Å²) in [6, 6.07) is 24.3. The molecule has 0 aliphatic heterocycles. The molecule has 0 saturated heterocycles. The predicted molar refractivity (Wildman–Crippen MR) is 154 cm³/mol. The second-order valence-corrected chi connectivity index (χ2v) is 9.23.